The molecular formula is C21H29FO4. The van der Waals surface area contributed by atoms with E-state index in [9.17, 15) is 24.2 Å². The van der Waals surface area contributed by atoms with E-state index in [0.717, 1.165) is 25.7 Å². The van der Waals surface area contributed by atoms with Crippen LogP contribution in [-0.4, -0.2) is 40.2 Å². The first kappa shape index (κ1) is 18.3. The number of rotatable bonds is 2. The zero-order valence-electron chi connectivity index (χ0n) is 15.6. The Hall–Kier alpha value is -1.07. The summed E-state index contributed by atoms with van der Waals surface area (Å²) in [7, 11) is 0. The van der Waals surface area contributed by atoms with E-state index in [-0.39, 0.29) is 29.5 Å². The van der Waals surface area contributed by atoms with Crippen LogP contribution in [0.5, 0.6) is 0 Å². The van der Waals surface area contributed by atoms with Crippen molar-refractivity contribution in [2.24, 2.45) is 28.6 Å². The highest BCUT2D eigenvalue weighted by atomic mass is 19.1. The number of allylic oxidation sites excluding steroid dienone is 1. The predicted octanol–water partition coefficient (Wildman–Crippen LogP) is 2.76. The highest BCUT2D eigenvalue weighted by molar-refractivity contribution is 5.92. The topological polar surface area (TPSA) is 74.6 Å². The van der Waals surface area contributed by atoms with Crippen LogP contribution in [0.3, 0.4) is 0 Å². The molecular weight excluding hydrogens is 335 g/mol. The number of aliphatic hydroxyl groups is 2. The first-order valence-electron chi connectivity index (χ1n) is 9.93. The molecule has 0 radical (unpaired) electrons. The Morgan fingerprint density at radius 3 is 2.65 bits per heavy atom. The number of hydrogen-bond donors (Lipinski definition) is 2. The molecule has 0 saturated heterocycles. The van der Waals surface area contributed by atoms with Crippen LogP contribution in [0.2, 0.25) is 0 Å². The molecule has 4 aliphatic rings. The third-order valence-electron chi connectivity index (χ3n) is 8.71. The Morgan fingerprint density at radius 2 is 1.96 bits per heavy atom. The lowest BCUT2D eigenvalue weighted by molar-refractivity contribution is -0.172. The Balaban J connectivity index is 1.71. The van der Waals surface area contributed by atoms with E-state index in [1.807, 2.05) is 13.0 Å². The fourth-order valence-electron chi connectivity index (χ4n) is 7.15. The van der Waals surface area contributed by atoms with Crippen molar-refractivity contribution in [1.29, 1.82) is 0 Å². The van der Waals surface area contributed by atoms with E-state index in [1.165, 1.54) is 5.57 Å². The van der Waals surface area contributed by atoms with Crippen LogP contribution in [-0.2, 0) is 9.59 Å². The summed E-state index contributed by atoms with van der Waals surface area (Å²) in [6.45, 7) is 3.27. The van der Waals surface area contributed by atoms with Crippen LogP contribution >= 0.6 is 0 Å². The van der Waals surface area contributed by atoms with Gasteiger partial charge in [0.15, 0.2) is 17.2 Å². The maximum atomic E-state index is 15.0. The largest absolute Gasteiger partial charge is 0.388 e. The highest BCUT2D eigenvalue weighted by Crippen LogP contribution is 2.68. The minimum Gasteiger partial charge on any atom is -0.388 e. The third kappa shape index (κ3) is 2.07. The lowest BCUT2D eigenvalue weighted by Crippen LogP contribution is -2.60. The van der Waals surface area contributed by atoms with Crippen molar-refractivity contribution < 1.29 is 24.2 Å². The molecule has 4 aliphatic carbocycles. The summed E-state index contributed by atoms with van der Waals surface area (Å²) < 4.78 is 15.0. The Morgan fingerprint density at radius 1 is 1.23 bits per heavy atom. The SMILES string of the molecule is CC12CCC(=O)C=C1CCC1C2CCC2(C)C1CC(F)C2(O)C(=O)CO. The molecule has 0 aliphatic heterocycles. The van der Waals surface area contributed by atoms with Crippen molar-refractivity contribution in [3.05, 3.63) is 11.6 Å². The van der Waals surface area contributed by atoms with E-state index in [0.29, 0.717) is 18.8 Å². The van der Waals surface area contributed by atoms with Crippen molar-refractivity contribution in [3.63, 3.8) is 0 Å². The van der Waals surface area contributed by atoms with Crippen LogP contribution in [0.1, 0.15) is 58.8 Å². The molecule has 0 aromatic rings. The highest BCUT2D eigenvalue weighted by Gasteiger charge is 2.70. The summed E-state index contributed by atoms with van der Waals surface area (Å²) in [6.07, 6.45) is 4.97. The Labute approximate surface area is 153 Å². The zero-order chi connectivity index (χ0) is 18.9. The van der Waals surface area contributed by atoms with E-state index in [2.05, 4.69) is 6.92 Å². The molecule has 7 atom stereocenters. The summed E-state index contributed by atoms with van der Waals surface area (Å²) >= 11 is 0. The number of carbonyl (C=O) groups excluding carboxylic acids is 2. The van der Waals surface area contributed by atoms with Gasteiger partial charge in [-0.25, -0.2) is 4.39 Å². The monoisotopic (exact) mass is 364 g/mol. The second-order valence-corrected chi connectivity index (χ2v) is 9.48. The molecule has 4 nitrogen and oxygen atoms in total. The molecule has 5 heteroatoms. The fourth-order valence-corrected chi connectivity index (χ4v) is 7.15. The van der Waals surface area contributed by atoms with Gasteiger partial charge in [0, 0.05) is 11.8 Å². The summed E-state index contributed by atoms with van der Waals surface area (Å²) in [5, 5.41) is 20.4. The average molecular weight is 364 g/mol. The van der Waals surface area contributed by atoms with E-state index >= 15 is 0 Å². The number of Topliss-reactive ketones (excluding diaryl/α,β-unsaturated/α-hetero) is 1. The normalized spacial score (nSPS) is 50.5. The van der Waals surface area contributed by atoms with Gasteiger partial charge in [-0.1, -0.05) is 19.4 Å². The number of hydrogen-bond acceptors (Lipinski definition) is 4. The molecule has 4 rings (SSSR count). The van der Waals surface area contributed by atoms with Crippen molar-refractivity contribution in [2.45, 2.75) is 70.6 Å². The van der Waals surface area contributed by atoms with Gasteiger partial charge in [-0.2, -0.15) is 0 Å². The van der Waals surface area contributed by atoms with Crippen LogP contribution < -0.4 is 0 Å². The number of ketones is 2. The zero-order valence-corrected chi connectivity index (χ0v) is 15.6. The summed E-state index contributed by atoms with van der Waals surface area (Å²) in [5.74, 6) is -0.00780. The van der Waals surface area contributed by atoms with Gasteiger partial charge in [-0.15, -0.1) is 0 Å². The average Bonchev–Trinajstić information content (AvgIpc) is 2.83. The first-order chi connectivity index (χ1) is 12.2. The van der Waals surface area contributed by atoms with Gasteiger partial charge in [0.05, 0.1) is 0 Å². The number of aliphatic hydroxyl groups excluding tert-OH is 1. The van der Waals surface area contributed by atoms with Gasteiger partial charge >= 0.3 is 0 Å². The molecule has 0 aromatic carbocycles. The van der Waals surface area contributed by atoms with Crippen molar-refractivity contribution in [2.75, 3.05) is 6.61 Å². The summed E-state index contributed by atoms with van der Waals surface area (Å²) in [6, 6.07) is 0. The van der Waals surface area contributed by atoms with E-state index < -0.39 is 29.6 Å². The van der Waals surface area contributed by atoms with Gasteiger partial charge in [0.2, 0.25) is 0 Å². The van der Waals surface area contributed by atoms with Crippen LogP contribution in [0.15, 0.2) is 11.6 Å². The standard InChI is InChI=1S/C21H29FO4/c1-19-7-5-13(24)9-12(19)3-4-14-15(19)6-8-20(2)16(14)10-17(22)21(20,26)18(25)11-23/h9,14-17,23,26H,3-8,10-11H2,1-2H3. The van der Waals surface area contributed by atoms with Crippen molar-refractivity contribution >= 4 is 11.6 Å². The molecule has 0 spiro atoms. The maximum absolute atomic E-state index is 15.0. The molecule has 0 aromatic heterocycles. The molecule has 7 unspecified atom stereocenters. The van der Waals surface area contributed by atoms with Gasteiger partial charge in [0.1, 0.15) is 12.8 Å². The lowest BCUT2D eigenvalue weighted by atomic mass is 9.46. The van der Waals surface area contributed by atoms with Crippen LogP contribution in [0, 0.1) is 28.6 Å². The van der Waals surface area contributed by atoms with Gasteiger partial charge in [-0.05, 0) is 67.8 Å². The van der Waals surface area contributed by atoms with E-state index in [1.54, 1.807) is 0 Å². The lowest BCUT2D eigenvalue weighted by Gasteiger charge is -2.58. The molecule has 2 N–H and O–H groups in total. The predicted molar refractivity (Wildman–Crippen MR) is 94.0 cm³/mol. The Bertz CT molecular complexity index is 687. The fraction of sp³-hybridized carbons (Fsp3) is 0.810. The quantitative estimate of drug-likeness (QED) is 0.790. The molecule has 0 heterocycles. The number of carbonyl (C=O) groups is 2. The second kappa shape index (κ2) is 5.71. The summed E-state index contributed by atoms with van der Waals surface area (Å²) in [5.41, 5.74) is -1.67. The molecule has 3 saturated carbocycles. The molecule has 0 amide bonds. The molecule has 144 valence electrons. The minimum atomic E-state index is -2.07. The third-order valence-corrected chi connectivity index (χ3v) is 8.71. The number of halogens is 1. The maximum Gasteiger partial charge on any atom is 0.193 e. The smallest absolute Gasteiger partial charge is 0.193 e. The summed E-state index contributed by atoms with van der Waals surface area (Å²) in [4.78, 5) is 24.2. The molecule has 3 fully saturated rings. The molecule has 0 bridgehead atoms. The van der Waals surface area contributed by atoms with E-state index in [4.69, 9.17) is 0 Å². The Kier molecular flexibility index (Phi) is 4.02. The van der Waals surface area contributed by atoms with Gasteiger partial charge in [-0.3, -0.25) is 9.59 Å². The van der Waals surface area contributed by atoms with Crippen LogP contribution in [0.4, 0.5) is 4.39 Å². The number of fused-ring (bicyclic) bond motifs is 5. The second-order valence-electron chi connectivity index (χ2n) is 9.48. The first-order valence-corrected chi connectivity index (χ1v) is 9.93. The van der Waals surface area contributed by atoms with Crippen LogP contribution in [0.25, 0.3) is 0 Å². The van der Waals surface area contributed by atoms with Crippen molar-refractivity contribution in [3.8, 4) is 0 Å². The van der Waals surface area contributed by atoms with Gasteiger partial charge < -0.3 is 10.2 Å². The molecule has 26 heavy (non-hydrogen) atoms. The minimum absolute atomic E-state index is 0.0222. The van der Waals surface area contributed by atoms with Gasteiger partial charge in [0.25, 0.3) is 0 Å². The number of alkyl halides is 1. The van der Waals surface area contributed by atoms with Crippen molar-refractivity contribution in [1.82, 2.24) is 0 Å².